The zero-order valence-corrected chi connectivity index (χ0v) is 22.6. The minimum absolute atomic E-state index is 0. The lowest BCUT2D eigenvalue weighted by molar-refractivity contribution is -0.145. The van der Waals surface area contributed by atoms with Crippen LogP contribution in [0.1, 0.15) is 23.6 Å². The Kier molecular flexibility index (Phi) is 9.61. The minimum Gasteiger partial charge on any atom is -0.315 e. The van der Waals surface area contributed by atoms with E-state index in [-0.39, 0.29) is 43.1 Å². The molecule has 1 aliphatic rings. The fourth-order valence-electron chi connectivity index (χ4n) is 4.53. The fourth-order valence-corrected chi connectivity index (χ4v) is 4.53. The second kappa shape index (κ2) is 12.5. The average Bonchev–Trinajstić information content (AvgIpc) is 3.42. The first-order valence-electron chi connectivity index (χ1n) is 12.2. The summed E-state index contributed by atoms with van der Waals surface area (Å²) in [6.07, 6.45) is 1.93. The van der Waals surface area contributed by atoms with E-state index in [9.17, 15) is 14.0 Å². The van der Waals surface area contributed by atoms with Crippen LogP contribution < -0.4 is 15.5 Å². The molecule has 2 amide bonds. The Bertz CT molecular complexity index is 1270. The highest BCUT2D eigenvalue weighted by atomic mass is 35.5. The standard InChI is InChI=1S/C26H34FN7O2.ClH/c1-5-28-8-9-34(24-12-21-15-31(3)30-23(21)10-18(24)2)26(36)14-29-13-25(35)32(4)33-16-19-6-7-22(27)11-20(19)17-33;/h6-7,10-12,15,28-29H,5,8-9,13-14,16-17H2,1-4H3;1H. The summed E-state index contributed by atoms with van der Waals surface area (Å²) in [6.45, 7) is 7.05. The second-order valence-electron chi connectivity index (χ2n) is 9.16. The number of aryl methyl sites for hydroxylation is 2. The third-order valence-corrected chi connectivity index (χ3v) is 6.50. The fraction of sp³-hybridized carbons (Fsp3) is 0.423. The summed E-state index contributed by atoms with van der Waals surface area (Å²) in [4.78, 5) is 27.8. The van der Waals surface area contributed by atoms with Crippen LogP contribution in [0, 0.1) is 12.7 Å². The van der Waals surface area contributed by atoms with Crippen molar-refractivity contribution in [1.82, 2.24) is 30.4 Å². The molecule has 200 valence electrons. The Morgan fingerprint density at radius 2 is 1.81 bits per heavy atom. The number of rotatable bonds is 10. The molecule has 2 heterocycles. The van der Waals surface area contributed by atoms with Gasteiger partial charge in [-0.15, -0.1) is 12.4 Å². The van der Waals surface area contributed by atoms with Crippen LogP contribution in [-0.2, 0) is 29.7 Å². The zero-order valence-electron chi connectivity index (χ0n) is 21.8. The van der Waals surface area contributed by atoms with E-state index in [0.717, 1.165) is 39.8 Å². The average molecular weight is 532 g/mol. The van der Waals surface area contributed by atoms with Crippen molar-refractivity contribution in [3.05, 3.63) is 59.0 Å². The van der Waals surface area contributed by atoms with Gasteiger partial charge in [-0.3, -0.25) is 24.6 Å². The summed E-state index contributed by atoms with van der Waals surface area (Å²) in [5.74, 6) is -0.552. The normalized spacial score (nSPS) is 12.9. The van der Waals surface area contributed by atoms with Crippen molar-refractivity contribution in [1.29, 1.82) is 0 Å². The van der Waals surface area contributed by atoms with Crippen molar-refractivity contribution in [3.63, 3.8) is 0 Å². The molecule has 3 aromatic rings. The Balaban J connectivity index is 0.00000380. The van der Waals surface area contributed by atoms with E-state index in [1.165, 1.54) is 12.1 Å². The number of amides is 2. The van der Waals surface area contributed by atoms with Gasteiger partial charge in [0.25, 0.3) is 5.91 Å². The Hall–Kier alpha value is -3.05. The van der Waals surface area contributed by atoms with Gasteiger partial charge in [-0.2, -0.15) is 5.10 Å². The molecule has 2 aromatic carbocycles. The SMILES string of the molecule is CCNCCN(C(=O)CNCC(=O)N(C)N1Cc2ccc(F)cc2C1)c1cc2cn(C)nc2cc1C.Cl. The number of carbonyl (C=O) groups excluding carboxylic acids is 2. The number of fused-ring (bicyclic) bond motifs is 2. The third-order valence-electron chi connectivity index (χ3n) is 6.50. The van der Waals surface area contributed by atoms with Gasteiger partial charge >= 0.3 is 0 Å². The largest absolute Gasteiger partial charge is 0.315 e. The van der Waals surface area contributed by atoms with Crippen LogP contribution in [0.2, 0.25) is 0 Å². The number of likely N-dealkylation sites (N-methyl/N-ethyl adjacent to an activating group) is 2. The summed E-state index contributed by atoms with van der Waals surface area (Å²) in [7, 11) is 3.57. The molecule has 0 aliphatic carbocycles. The maximum Gasteiger partial charge on any atom is 0.250 e. The van der Waals surface area contributed by atoms with Crippen LogP contribution in [0.4, 0.5) is 10.1 Å². The number of benzene rings is 2. The van der Waals surface area contributed by atoms with Gasteiger partial charge in [0, 0.05) is 57.5 Å². The van der Waals surface area contributed by atoms with Crippen molar-refractivity contribution >= 4 is 40.8 Å². The summed E-state index contributed by atoms with van der Waals surface area (Å²) in [6, 6.07) is 8.69. The number of nitrogens with one attached hydrogen (secondary N) is 2. The van der Waals surface area contributed by atoms with Gasteiger partial charge in [0.15, 0.2) is 0 Å². The topological polar surface area (TPSA) is 85.7 Å². The van der Waals surface area contributed by atoms with Crippen LogP contribution in [0.15, 0.2) is 36.5 Å². The van der Waals surface area contributed by atoms with Crippen LogP contribution >= 0.6 is 12.4 Å². The van der Waals surface area contributed by atoms with Gasteiger partial charge in [-0.05, 0) is 54.4 Å². The van der Waals surface area contributed by atoms with Gasteiger partial charge in [0.2, 0.25) is 5.91 Å². The first-order valence-corrected chi connectivity index (χ1v) is 12.2. The number of nitrogens with zero attached hydrogens (tertiary/aromatic N) is 5. The van der Waals surface area contributed by atoms with Gasteiger partial charge in [0.05, 0.1) is 18.6 Å². The zero-order chi connectivity index (χ0) is 25.8. The van der Waals surface area contributed by atoms with E-state index in [2.05, 4.69) is 15.7 Å². The number of hydrogen-bond acceptors (Lipinski definition) is 6. The van der Waals surface area contributed by atoms with E-state index in [1.807, 2.05) is 44.2 Å². The van der Waals surface area contributed by atoms with Gasteiger partial charge in [-0.1, -0.05) is 13.0 Å². The molecule has 0 atom stereocenters. The first kappa shape index (κ1) is 28.5. The smallest absolute Gasteiger partial charge is 0.250 e. The summed E-state index contributed by atoms with van der Waals surface area (Å²) in [5, 5.41) is 15.1. The molecule has 9 nitrogen and oxygen atoms in total. The molecule has 4 rings (SSSR count). The molecule has 0 saturated heterocycles. The maximum atomic E-state index is 13.5. The quantitative estimate of drug-likeness (QED) is 0.391. The molecule has 11 heteroatoms. The molecule has 1 aromatic heterocycles. The number of hydrogen-bond donors (Lipinski definition) is 2. The number of anilines is 1. The highest BCUT2D eigenvalue weighted by molar-refractivity contribution is 5.98. The Labute approximate surface area is 223 Å². The number of halogens is 2. The predicted octanol–water partition coefficient (Wildman–Crippen LogP) is 2.36. The lowest BCUT2D eigenvalue weighted by Gasteiger charge is -2.28. The molecule has 2 N–H and O–H groups in total. The van der Waals surface area contributed by atoms with Gasteiger partial charge < -0.3 is 10.2 Å². The lowest BCUT2D eigenvalue weighted by Crippen LogP contribution is -2.47. The van der Waals surface area contributed by atoms with Crippen LogP contribution in [-0.4, -0.2) is 71.4 Å². The molecule has 0 saturated carbocycles. The molecule has 0 fully saturated rings. The van der Waals surface area contributed by atoms with Crippen LogP contribution in [0.5, 0.6) is 0 Å². The van der Waals surface area contributed by atoms with E-state index in [0.29, 0.717) is 26.2 Å². The summed E-state index contributed by atoms with van der Waals surface area (Å²) >= 11 is 0. The molecule has 0 radical (unpaired) electrons. The van der Waals surface area contributed by atoms with Gasteiger partial charge in [0.1, 0.15) is 5.82 Å². The minimum atomic E-state index is -0.277. The summed E-state index contributed by atoms with van der Waals surface area (Å²) in [5.41, 5.74) is 4.58. The second-order valence-corrected chi connectivity index (χ2v) is 9.16. The van der Waals surface area contributed by atoms with Crippen molar-refractivity contribution in [2.75, 3.05) is 44.7 Å². The van der Waals surface area contributed by atoms with E-state index < -0.39 is 0 Å². The maximum absolute atomic E-state index is 13.5. The molecular formula is C26H35ClFN7O2. The van der Waals surface area contributed by atoms with E-state index >= 15 is 0 Å². The number of aromatic nitrogens is 2. The molecular weight excluding hydrogens is 497 g/mol. The van der Waals surface area contributed by atoms with Gasteiger partial charge in [-0.25, -0.2) is 9.40 Å². The van der Waals surface area contributed by atoms with E-state index in [4.69, 9.17) is 0 Å². The van der Waals surface area contributed by atoms with Crippen molar-refractivity contribution in [3.8, 4) is 0 Å². The number of hydrazine groups is 1. The first-order chi connectivity index (χ1) is 17.3. The van der Waals surface area contributed by atoms with Crippen molar-refractivity contribution in [2.24, 2.45) is 7.05 Å². The molecule has 37 heavy (non-hydrogen) atoms. The number of carbonyl (C=O) groups is 2. The van der Waals surface area contributed by atoms with Crippen LogP contribution in [0.25, 0.3) is 10.9 Å². The Morgan fingerprint density at radius 1 is 1.08 bits per heavy atom. The molecule has 0 bridgehead atoms. The van der Waals surface area contributed by atoms with Crippen molar-refractivity contribution in [2.45, 2.75) is 26.9 Å². The molecule has 1 aliphatic heterocycles. The summed E-state index contributed by atoms with van der Waals surface area (Å²) < 4.78 is 15.3. The predicted molar refractivity (Wildman–Crippen MR) is 145 cm³/mol. The molecule has 0 unspecified atom stereocenters. The highest BCUT2D eigenvalue weighted by Crippen LogP contribution is 2.26. The lowest BCUT2D eigenvalue weighted by atomic mass is 10.1. The van der Waals surface area contributed by atoms with Crippen LogP contribution in [0.3, 0.4) is 0 Å². The molecule has 0 spiro atoms. The van der Waals surface area contributed by atoms with Crippen molar-refractivity contribution < 1.29 is 14.0 Å². The monoisotopic (exact) mass is 531 g/mol. The highest BCUT2D eigenvalue weighted by Gasteiger charge is 2.26. The Morgan fingerprint density at radius 3 is 2.57 bits per heavy atom. The van der Waals surface area contributed by atoms with E-state index in [1.54, 1.807) is 27.7 Å². The third kappa shape index (κ3) is 6.64.